The van der Waals surface area contributed by atoms with Gasteiger partial charge in [0.1, 0.15) is 6.61 Å². The number of ether oxygens (including phenoxy) is 1. The molecule has 0 saturated carbocycles. The first-order valence-corrected chi connectivity index (χ1v) is 3.10. The fraction of sp³-hybridized carbons (Fsp3) is 0.375. The summed E-state index contributed by atoms with van der Waals surface area (Å²) in [6, 6.07) is 0. The van der Waals surface area contributed by atoms with Crippen LogP contribution >= 0.6 is 0 Å². The molecule has 0 heterocycles. The van der Waals surface area contributed by atoms with Gasteiger partial charge in [0, 0.05) is 6.92 Å². The normalized spacial score (nSPS) is 9.80. The summed E-state index contributed by atoms with van der Waals surface area (Å²) in [6.07, 6.45) is 3.66. The third kappa shape index (κ3) is 5.09. The Kier molecular flexibility index (Phi) is 4.29. The van der Waals surface area contributed by atoms with Crippen molar-refractivity contribution in [2.45, 2.75) is 13.8 Å². The van der Waals surface area contributed by atoms with E-state index in [1.807, 2.05) is 19.1 Å². The molecule has 0 N–H and O–H groups in total. The van der Waals surface area contributed by atoms with Crippen molar-refractivity contribution in [1.29, 1.82) is 0 Å². The number of carbonyl (C=O) groups excluding carboxylic acids is 1. The van der Waals surface area contributed by atoms with Gasteiger partial charge in [-0.05, 0) is 12.5 Å². The van der Waals surface area contributed by atoms with Crippen molar-refractivity contribution in [2.24, 2.45) is 0 Å². The van der Waals surface area contributed by atoms with Gasteiger partial charge < -0.3 is 4.74 Å². The van der Waals surface area contributed by atoms with E-state index in [4.69, 9.17) is 0 Å². The van der Waals surface area contributed by atoms with Crippen LogP contribution in [0.1, 0.15) is 13.8 Å². The van der Waals surface area contributed by atoms with Crippen LogP contribution in [0.25, 0.3) is 0 Å². The molecule has 0 atom stereocenters. The summed E-state index contributed by atoms with van der Waals surface area (Å²) in [5.74, 6) is -0.273. The Morgan fingerprint density at radius 2 is 2.30 bits per heavy atom. The molecule has 0 saturated heterocycles. The average Bonchev–Trinajstić information content (AvgIpc) is 1.85. The van der Waals surface area contributed by atoms with Crippen molar-refractivity contribution < 1.29 is 9.53 Å². The van der Waals surface area contributed by atoms with Gasteiger partial charge >= 0.3 is 5.97 Å². The summed E-state index contributed by atoms with van der Waals surface area (Å²) in [6.45, 7) is 7.21. The van der Waals surface area contributed by atoms with Crippen LogP contribution in [0.3, 0.4) is 0 Å². The molecule has 0 aliphatic carbocycles. The first-order chi connectivity index (χ1) is 4.66. The number of hydrogen-bond acceptors (Lipinski definition) is 2. The van der Waals surface area contributed by atoms with Gasteiger partial charge in [0.25, 0.3) is 0 Å². The fourth-order valence-electron chi connectivity index (χ4n) is 0.478. The molecule has 0 aromatic rings. The quantitative estimate of drug-likeness (QED) is 0.440. The summed E-state index contributed by atoms with van der Waals surface area (Å²) < 4.78 is 4.67. The lowest BCUT2D eigenvalue weighted by Gasteiger charge is -1.98. The van der Waals surface area contributed by atoms with E-state index in [-0.39, 0.29) is 5.97 Å². The highest BCUT2D eigenvalue weighted by Crippen LogP contribution is 1.93. The highest BCUT2D eigenvalue weighted by atomic mass is 16.5. The molecule has 0 unspecified atom stereocenters. The lowest BCUT2D eigenvalue weighted by molar-refractivity contribution is -0.139. The zero-order chi connectivity index (χ0) is 7.98. The van der Waals surface area contributed by atoms with Gasteiger partial charge in [-0.25, -0.2) is 0 Å². The van der Waals surface area contributed by atoms with Gasteiger partial charge in [0.05, 0.1) is 0 Å². The van der Waals surface area contributed by atoms with Gasteiger partial charge in [0.2, 0.25) is 0 Å². The van der Waals surface area contributed by atoms with Crippen molar-refractivity contribution in [2.75, 3.05) is 6.61 Å². The maximum absolute atomic E-state index is 10.3. The van der Waals surface area contributed by atoms with Gasteiger partial charge in [-0.3, -0.25) is 4.79 Å². The summed E-state index contributed by atoms with van der Waals surface area (Å²) in [7, 11) is 0. The summed E-state index contributed by atoms with van der Waals surface area (Å²) in [5, 5.41) is 0. The Hall–Kier alpha value is -1.05. The molecule has 0 aromatic heterocycles. The standard InChI is InChI=1S/C8H12O2/c1-4-5-7(2)6-10-8(3)9/h4-5H,2,6H2,1,3H3/b5-4+. The van der Waals surface area contributed by atoms with Crippen LogP contribution in [0.15, 0.2) is 24.3 Å². The number of rotatable bonds is 3. The molecule has 0 aromatic carbocycles. The monoisotopic (exact) mass is 140 g/mol. The molecule has 10 heavy (non-hydrogen) atoms. The van der Waals surface area contributed by atoms with Gasteiger partial charge in [-0.15, -0.1) is 0 Å². The van der Waals surface area contributed by atoms with E-state index in [0.717, 1.165) is 5.57 Å². The van der Waals surface area contributed by atoms with Crippen LogP contribution in [0.2, 0.25) is 0 Å². The minimum absolute atomic E-state index is 0.273. The Morgan fingerprint density at radius 3 is 2.70 bits per heavy atom. The second-order valence-corrected chi connectivity index (χ2v) is 1.94. The van der Waals surface area contributed by atoms with Crippen LogP contribution in [0.4, 0.5) is 0 Å². The van der Waals surface area contributed by atoms with Gasteiger partial charge in [-0.2, -0.15) is 0 Å². The molecular weight excluding hydrogens is 128 g/mol. The molecule has 2 nitrogen and oxygen atoms in total. The predicted octanol–water partition coefficient (Wildman–Crippen LogP) is 1.68. The third-order valence-corrected chi connectivity index (χ3v) is 0.863. The van der Waals surface area contributed by atoms with Crippen LogP contribution < -0.4 is 0 Å². The lowest BCUT2D eigenvalue weighted by Crippen LogP contribution is -2.00. The number of carbonyl (C=O) groups is 1. The summed E-state index contributed by atoms with van der Waals surface area (Å²) in [5.41, 5.74) is 0.803. The SMILES string of the molecule is C=C(/C=C/C)COC(C)=O. The van der Waals surface area contributed by atoms with Crippen LogP contribution in [-0.4, -0.2) is 12.6 Å². The van der Waals surface area contributed by atoms with E-state index in [1.54, 1.807) is 0 Å². The number of esters is 1. The second kappa shape index (κ2) is 4.79. The second-order valence-electron chi connectivity index (χ2n) is 1.94. The maximum Gasteiger partial charge on any atom is 0.302 e. The Bertz CT molecular complexity index is 157. The van der Waals surface area contributed by atoms with Crippen LogP contribution in [-0.2, 0) is 9.53 Å². The minimum Gasteiger partial charge on any atom is -0.461 e. The van der Waals surface area contributed by atoms with Crippen molar-refractivity contribution in [3.05, 3.63) is 24.3 Å². The molecule has 2 heteroatoms. The molecule has 0 rings (SSSR count). The molecule has 0 fully saturated rings. The fourth-order valence-corrected chi connectivity index (χ4v) is 0.478. The van der Waals surface area contributed by atoms with Gasteiger partial charge in [0.15, 0.2) is 0 Å². The maximum atomic E-state index is 10.3. The molecule has 0 amide bonds. The third-order valence-electron chi connectivity index (χ3n) is 0.863. The van der Waals surface area contributed by atoms with E-state index in [9.17, 15) is 4.79 Å². The first-order valence-electron chi connectivity index (χ1n) is 3.10. The average molecular weight is 140 g/mol. The van der Waals surface area contributed by atoms with Crippen molar-refractivity contribution >= 4 is 5.97 Å². The predicted molar refractivity (Wildman–Crippen MR) is 40.6 cm³/mol. The molecule has 0 spiro atoms. The van der Waals surface area contributed by atoms with Gasteiger partial charge in [-0.1, -0.05) is 18.7 Å². The van der Waals surface area contributed by atoms with Crippen LogP contribution in [0.5, 0.6) is 0 Å². The highest BCUT2D eigenvalue weighted by molar-refractivity contribution is 5.66. The van der Waals surface area contributed by atoms with E-state index >= 15 is 0 Å². The van der Waals surface area contributed by atoms with E-state index < -0.39 is 0 Å². The van der Waals surface area contributed by atoms with E-state index in [2.05, 4.69) is 11.3 Å². The molecule has 0 aliphatic heterocycles. The van der Waals surface area contributed by atoms with E-state index in [1.165, 1.54) is 6.92 Å². The molecule has 0 radical (unpaired) electrons. The zero-order valence-corrected chi connectivity index (χ0v) is 6.39. The minimum atomic E-state index is -0.273. The van der Waals surface area contributed by atoms with Crippen molar-refractivity contribution in [1.82, 2.24) is 0 Å². The molecule has 56 valence electrons. The molecular formula is C8H12O2. The smallest absolute Gasteiger partial charge is 0.302 e. The number of allylic oxidation sites excluding steroid dienone is 1. The Balaban J connectivity index is 3.50. The number of hydrogen-bond donors (Lipinski definition) is 0. The summed E-state index contributed by atoms with van der Waals surface area (Å²) >= 11 is 0. The first kappa shape index (κ1) is 8.95. The van der Waals surface area contributed by atoms with E-state index in [0.29, 0.717) is 6.61 Å². The molecule has 0 bridgehead atoms. The van der Waals surface area contributed by atoms with Crippen molar-refractivity contribution in [3.8, 4) is 0 Å². The van der Waals surface area contributed by atoms with Crippen molar-refractivity contribution in [3.63, 3.8) is 0 Å². The highest BCUT2D eigenvalue weighted by Gasteiger charge is 1.91. The molecule has 0 aliphatic rings. The topological polar surface area (TPSA) is 26.3 Å². The van der Waals surface area contributed by atoms with Crippen LogP contribution in [0, 0.1) is 0 Å². The largest absolute Gasteiger partial charge is 0.461 e. The summed E-state index contributed by atoms with van der Waals surface area (Å²) in [4.78, 5) is 10.3. The lowest BCUT2D eigenvalue weighted by atomic mass is 10.3. The Labute approximate surface area is 61.2 Å². The Morgan fingerprint density at radius 1 is 1.70 bits per heavy atom. The zero-order valence-electron chi connectivity index (χ0n) is 6.39.